The van der Waals surface area contributed by atoms with Gasteiger partial charge in [0.05, 0.1) is 0 Å². The average molecular weight is 270 g/mol. The summed E-state index contributed by atoms with van der Waals surface area (Å²) in [6, 6.07) is 6.01. The van der Waals surface area contributed by atoms with Crippen molar-refractivity contribution in [3.63, 3.8) is 0 Å². The van der Waals surface area contributed by atoms with Crippen LogP contribution in [0.25, 0.3) is 0 Å². The molecule has 1 aromatic rings. The van der Waals surface area contributed by atoms with Crippen LogP contribution in [0.1, 0.15) is 34.1 Å². The lowest BCUT2D eigenvalue weighted by molar-refractivity contribution is 0.315. The van der Waals surface area contributed by atoms with E-state index in [9.17, 15) is 0 Å². The minimum Gasteiger partial charge on any atom is -0.330 e. The van der Waals surface area contributed by atoms with E-state index >= 15 is 0 Å². The predicted molar refractivity (Wildman–Crippen MR) is 79.2 cm³/mol. The lowest BCUT2D eigenvalue weighted by Crippen LogP contribution is -2.31. The molecule has 17 heavy (non-hydrogen) atoms. The summed E-state index contributed by atoms with van der Waals surface area (Å²) in [4.78, 5) is 4.32. The van der Waals surface area contributed by atoms with Crippen molar-refractivity contribution in [1.82, 2.24) is 4.98 Å². The first kappa shape index (κ1) is 14.9. The molecular formula is C13H22N2S2. The predicted octanol–water partition coefficient (Wildman–Crippen LogP) is 3.98. The van der Waals surface area contributed by atoms with Gasteiger partial charge in [-0.05, 0) is 55.2 Å². The zero-order chi connectivity index (χ0) is 12.9. The van der Waals surface area contributed by atoms with Gasteiger partial charge in [-0.2, -0.15) is 0 Å². The lowest BCUT2D eigenvalue weighted by Gasteiger charge is -2.33. The molecule has 0 radical (unpaired) electrons. The van der Waals surface area contributed by atoms with Crippen LogP contribution in [0.5, 0.6) is 0 Å². The first-order chi connectivity index (χ1) is 7.85. The topological polar surface area (TPSA) is 38.9 Å². The molecule has 0 unspecified atom stereocenters. The van der Waals surface area contributed by atoms with E-state index in [1.165, 1.54) is 0 Å². The van der Waals surface area contributed by atoms with Crippen LogP contribution in [0, 0.1) is 5.41 Å². The molecule has 4 heteroatoms. The maximum absolute atomic E-state index is 5.79. The molecule has 0 saturated heterocycles. The third-order valence-corrected chi connectivity index (χ3v) is 5.65. The SMILES string of the molecule is CC(C)(CN)CC(C)(C)SSc1ccccn1. The van der Waals surface area contributed by atoms with Crippen molar-refractivity contribution < 1.29 is 0 Å². The van der Waals surface area contributed by atoms with Crippen LogP contribution < -0.4 is 5.73 Å². The molecule has 0 aliphatic carbocycles. The number of nitrogens with two attached hydrogens (primary N) is 1. The molecule has 1 heterocycles. The second-order valence-electron chi connectivity index (χ2n) is 5.64. The van der Waals surface area contributed by atoms with E-state index in [0.717, 1.165) is 18.0 Å². The first-order valence-corrected chi connectivity index (χ1v) is 7.96. The number of hydrogen-bond donors (Lipinski definition) is 1. The average Bonchev–Trinajstić information content (AvgIpc) is 2.27. The highest BCUT2D eigenvalue weighted by molar-refractivity contribution is 8.77. The van der Waals surface area contributed by atoms with Gasteiger partial charge >= 0.3 is 0 Å². The third-order valence-electron chi connectivity index (χ3n) is 2.45. The van der Waals surface area contributed by atoms with Crippen LogP contribution in [0.3, 0.4) is 0 Å². The number of rotatable bonds is 6. The van der Waals surface area contributed by atoms with Crippen molar-refractivity contribution in [3.8, 4) is 0 Å². The normalized spacial score (nSPS) is 12.8. The zero-order valence-corrected chi connectivity index (χ0v) is 12.7. The minimum absolute atomic E-state index is 0.196. The molecule has 0 spiro atoms. The van der Waals surface area contributed by atoms with Gasteiger partial charge in [0.25, 0.3) is 0 Å². The van der Waals surface area contributed by atoms with Crippen molar-refractivity contribution >= 4 is 21.6 Å². The molecular weight excluding hydrogens is 248 g/mol. The van der Waals surface area contributed by atoms with Gasteiger partial charge in [0.15, 0.2) is 0 Å². The number of pyridine rings is 1. The summed E-state index contributed by atoms with van der Waals surface area (Å²) in [5, 5.41) is 1.07. The van der Waals surface area contributed by atoms with Gasteiger partial charge in [-0.3, -0.25) is 0 Å². The Bertz CT molecular complexity index is 337. The van der Waals surface area contributed by atoms with E-state index in [-0.39, 0.29) is 10.2 Å². The standard InChI is InChI=1S/C13H22N2S2/c1-12(2,10-14)9-13(3,4)17-16-11-7-5-6-8-15-11/h5-8H,9-10,14H2,1-4H3. The molecule has 96 valence electrons. The summed E-state index contributed by atoms with van der Waals surface area (Å²) in [6.07, 6.45) is 2.93. The van der Waals surface area contributed by atoms with Gasteiger partial charge in [0.1, 0.15) is 5.03 Å². The monoisotopic (exact) mass is 270 g/mol. The van der Waals surface area contributed by atoms with Crippen LogP contribution in [0.15, 0.2) is 29.4 Å². The first-order valence-electron chi connectivity index (χ1n) is 5.81. The highest BCUT2D eigenvalue weighted by Gasteiger charge is 2.28. The number of nitrogens with zero attached hydrogens (tertiary/aromatic N) is 1. The molecule has 1 rings (SSSR count). The Kier molecular flexibility index (Phi) is 5.35. The molecule has 0 saturated carbocycles. The second kappa shape index (κ2) is 6.12. The van der Waals surface area contributed by atoms with Gasteiger partial charge in [0, 0.05) is 10.9 Å². The van der Waals surface area contributed by atoms with E-state index in [0.29, 0.717) is 0 Å². The molecule has 0 bridgehead atoms. The summed E-state index contributed by atoms with van der Waals surface area (Å²) in [7, 11) is 3.62. The molecule has 0 aliphatic heterocycles. The summed E-state index contributed by atoms with van der Waals surface area (Å²) < 4.78 is 0.199. The Hall–Kier alpha value is -0.190. The Morgan fingerprint density at radius 2 is 1.94 bits per heavy atom. The second-order valence-corrected chi connectivity index (χ2v) is 8.50. The van der Waals surface area contributed by atoms with Gasteiger partial charge in [0.2, 0.25) is 0 Å². The van der Waals surface area contributed by atoms with Crippen LogP contribution in [-0.2, 0) is 0 Å². The third kappa shape index (κ3) is 5.80. The molecule has 0 amide bonds. The highest BCUT2D eigenvalue weighted by atomic mass is 33.1. The summed E-state index contributed by atoms with van der Waals surface area (Å²) in [5.41, 5.74) is 5.99. The Morgan fingerprint density at radius 1 is 1.24 bits per heavy atom. The molecule has 0 fully saturated rings. The Labute approximate surface area is 113 Å². The van der Waals surface area contributed by atoms with Crippen molar-refractivity contribution in [2.24, 2.45) is 11.1 Å². The van der Waals surface area contributed by atoms with Crippen molar-refractivity contribution in [2.75, 3.05) is 6.54 Å². The molecule has 0 aliphatic rings. The van der Waals surface area contributed by atoms with Crippen LogP contribution in [0.2, 0.25) is 0 Å². The lowest BCUT2D eigenvalue weighted by atomic mass is 9.84. The van der Waals surface area contributed by atoms with E-state index in [1.807, 2.05) is 35.2 Å². The molecule has 0 atom stereocenters. The molecule has 2 N–H and O–H groups in total. The highest BCUT2D eigenvalue weighted by Crippen LogP contribution is 2.45. The maximum Gasteiger partial charge on any atom is 0.106 e. The molecule has 2 nitrogen and oxygen atoms in total. The summed E-state index contributed by atoms with van der Waals surface area (Å²) in [5.74, 6) is 0. The number of hydrogen-bond acceptors (Lipinski definition) is 4. The fraction of sp³-hybridized carbons (Fsp3) is 0.615. The van der Waals surface area contributed by atoms with Crippen molar-refractivity contribution in [1.29, 1.82) is 0 Å². The smallest absolute Gasteiger partial charge is 0.106 e. The van der Waals surface area contributed by atoms with Crippen LogP contribution in [0.4, 0.5) is 0 Å². The van der Waals surface area contributed by atoms with Crippen molar-refractivity contribution in [2.45, 2.75) is 43.9 Å². The van der Waals surface area contributed by atoms with Gasteiger partial charge in [-0.1, -0.05) is 30.7 Å². The zero-order valence-electron chi connectivity index (χ0n) is 11.1. The quantitative estimate of drug-likeness (QED) is 0.794. The van der Waals surface area contributed by atoms with E-state index in [2.05, 4.69) is 32.7 Å². The minimum atomic E-state index is 0.196. The Morgan fingerprint density at radius 3 is 2.47 bits per heavy atom. The fourth-order valence-corrected chi connectivity index (χ4v) is 4.21. The largest absolute Gasteiger partial charge is 0.330 e. The van der Waals surface area contributed by atoms with Gasteiger partial charge in [-0.25, -0.2) is 4.98 Å². The van der Waals surface area contributed by atoms with E-state index in [1.54, 1.807) is 10.8 Å². The Balaban J connectivity index is 2.50. The number of aromatic nitrogens is 1. The summed E-state index contributed by atoms with van der Waals surface area (Å²) in [6.45, 7) is 9.71. The molecule has 0 aromatic carbocycles. The van der Waals surface area contributed by atoms with Crippen LogP contribution in [-0.4, -0.2) is 16.3 Å². The molecule has 1 aromatic heterocycles. The van der Waals surface area contributed by atoms with E-state index < -0.39 is 0 Å². The van der Waals surface area contributed by atoms with Gasteiger partial charge < -0.3 is 5.73 Å². The maximum atomic E-state index is 5.79. The van der Waals surface area contributed by atoms with Crippen LogP contribution >= 0.6 is 21.6 Å². The summed E-state index contributed by atoms with van der Waals surface area (Å²) >= 11 is 0. The van der Waals surface area contributed by atoms with E-state index in [4.69, 9.17) is 5.73 Å². The van der Waals surface area contributed by atoms with Crippen molar-refractivity contribution in [3.05, 3.63) is 24.4 Å². The van der Waals surface area contributed by atoms with Gasteiger partial charge in [-0.15, -0.1) is 0 Å². The fourth-order valence-electron chi connectivity index (χ4n) is 1.81.